The summed E-state index contributed by atoms with van der Waals surface area (Å²) in [6.45, 7) is 13.2. The van der Waals surface area contributed by atoms with Crippen LogP contribution in [-0.4, -0.2) is 6.61 Å². The summed E-state index contributed by atoms with van der Waals surface area (Å²) in [4.78, 5) is 0. The second-order valence-electron chi connectivity index (χ2n) is 2.06. The molecule has 0 aliphatic heterocycles. The standard InChI is InChI=1S/C10H14O/c1-5-8-11-10(7-3)9(4)6-2/h5-7H,1-3,8H2,4H3/b10-9+. The van der Waals surface area contributed by atoms with Crippen molar-refractivity contribution in [1.29, 1.82) is 0 Å². The SMILES string of the molecule is C=CCO/C(C=C)=C(\C)C=C. The van der Waals surface area contributed by atoms with E-state index in [2.05, 4.69) is 19.7 Å². The predicted octanol–water partition coefficient (Wildman–Crippen LogP) is 2.84. The summed E-state index contributed by atoms with van der Waals surface area (Å²) < 4.78 is 5.27. The zero-order valence-corrected chi connectivity index (χ0v) is 6.97. The molecule has 0 radical (unpaired) electrons. The molecule has 0 saturated carbocycles. The summed E-state index contributed by atoms with van der Waals surface area (Å²) in [6, 6.07) is 0. The molecule has 0 aromatic carbocycles. The topological polar surface area (TPSA) is 9.23 Å². The molecule has 0 fully saturated rings. The lowest BCUT2D eigenvalue weighted by atomic mass is 10.2. The Morgan fingerprint density at radius 1 is 1.27 bits per heavy atom. The van der Waals surface area contributed by atoms with E-state index in [0.29, 0.717) is 6.61 Å². The van der Waals surface area contributed by atoms with E-state index >= 15 is 0 Å². The normalized spacial score (nSPS) is 11.4. The van der Waals surface area contributed by atoms with Crippen molar-refractivity contribution in [3.63, 3.8) is 0 Å². The van der Waals surface area contributed by atoms with Gasteiger partial charge in [-0.05, 0) is 18.6 Å². The van der Waals surface area contributed by atoms with Crippen LogP contribution in [0.3, 0.4) is 0 Å². The van der Waals surface area contributed by atoms with Crippen molar-refractivity contribution in [3.8, 4) is 0 Å². The Hall–Kier alpha value is -1.24. The molecular weight excluding hydrogens is 136 g/mol. The van der Waals surface area contributed by atoms with Gasteiger partial charge in [-0.2, -0.15) is 0 Å². The van der Waals surface area contributed by atoms with E-state index < -0.39 is 0 Å². The lowest BCUT2D eigenvalue weighted by Crippen LogP contribution is -1.91. The monoisotopic (exact) mass is 150 g/mol. The quantitative estimate of drug-likeness (QED) is 0.332. The molecule has 0 rings (SSSR count). The van der Waals surface area contributed by atoms with E-state index in [4.69, 9.17) is 4.74 Å². The highest BCUT2D eigenvalue weighted by molar-refractivity contribution is 5.24. The molecule has 0 bridgehead atoms. The number of allylic oxidation sites excluding steroid dienone is 3. The van der Waals surface area contributed by atoms with Gasteiger partial charge in [-0.25, -0.2) is 0 Å². The van der Waals surface area contributed by atoms with E-state index in [0.717, 1.165) is 11.3 Å². The van der Waals surface area contributed by atoms with Crippen LogP contribution in [0.2, 0.25) is 0 Å². The fourth-order valence-corrected chi connectivity index (χ4v) is 0.583. The van der Waals surface area contributed by atoms with Crippen molar-refractivity contribution in [2.75, 3.05) is 6.61 Å². The van der Waals surface area contributed by atoms with Crippen molar-refractivity contribution in [2.24, 2.45) is 0 Å². The molecule has 0 unspecified atom stereocenters. The van der Waals surface area contributed by atoms with Gasteiger partial charge in [0.15, 0.2) is 0 Å². The molecule has 0 atom stereocenters. The van der Waals surface area contributed by atoms with Crippen LogP contribution in [0.4, 0.5) is 0 Å². The van der Waals surface area contributed by atoms with Gasteiger partial charge in [-0.3, -0.25) is 0 Å². The highest BCUT2D eigenvalue weighted by atomic mass is 16.5. The van der Waals surface area contributed by atoms with E-state index in [1.807, 2.05) is 6.92 Å². The third kappa shape index (κ3) is 3.46. The van der Waals surface area contributed by atoms with Crippen LogP contribution in [0.1, 0.15) is 6.92 Å². The van der Waals surface area contributed by atoms with Gasteiger partial charge >= 0.3 is 0 Å². The van der Waals surface area contributed by atoms with Crippen LogP contribution < -0.4 is 0 Å². The Labute approximate surface area is 68.4 Å². The third-order valence-electron chi connectivity index (χ3n) is 1.24. The fraction of sp³-hybridized carbons (Fsp3) is 0.200. The van der Waals surface area contributed by atoms with Crippen LogP contribution in [0.5, 0.6) is 0 Å². The molecule has 1 nitrogen and oxygen atoms in total. The summed E-state index contributed by atoms with van der Waals surface area (Å²) in [5.74, 6) is 0.764. The second kappa shape index (κ2) is 5.54. The first-order valence-electron chi connectivity index (χ1n) is 3.45. The van der Waals surface area contributed by atoms with Gasteiger partial charge in [0.2, 0.25) is 0 Å². The molecule has 1 heteroatoms. The molecule has 0 aromatic heterocycles. The van der Waals surface area contributed by atoms with Crippen LogP contribution in [0.15, 0.2) is 49.3 Å². The Morgan fingerprint density at radius 3 is 2.27 bits per heavy atom. The minimum Gasteiger partial charge on any atom is -0.489 e. The summed E-state index contributed by atoms with van der Waals surface area (Å²) in [7, 11) is 0. The number of rotatable bonds is 5. The second-order valence-corrected chi connectivity index (χ2v) is 2.06. The van der Waals surface area contributed by atoms with E-state index in [1.165, 1.54) is 0 Å². The molecule has 0 heterocycles. The van der Waals surface area contributed by atoms with Crippen LogP contribution in [-0.2, 0) is 4.74 Å². The maximum Gasteiger partial charge on any atom is 0.122 e. The molecule has 0 spiro atoms. The molecule has 11 heavy (non-hydrogen) atoms. The summed E-state index contributed by atoms with van der Waals surface area (Å²) in [5, 5.41) is 0. The predicted molar refractivity (Wildman–Crippen MR) is 49.2 cm³/mol. The highest BCUT2D eigenvalue weighted by Crippen LogP contribution is 2.07. The van der Waals surface area contributed by atoms with Crippen LogP contribution >= 0.6 is 0 Å². The molecule has 0 N–H and O–H groups in total. The van der Waals surface area contributed by atoms with Crippen molar-refractivity contribution < 1.29 is 4.74 Å². The van der Waals surface area contributed by atoms with Gasteiger partial charge in [0.25, 0.3) is 0 Å². The number of hydrogen-bond acceptors (Lipinski definition) is 1. The van der Waals surface area contributed by atoms with Gasteiger partial charge < -0.3 is 4.74 Å². The third-order valence-corrected chi connectivity index (χ3v) is 1.24. The molecule has 0 saturated heterocycles. The molecule has 0 aliphatic carbocycles. The van der Waals surface area contributed by atoms with E-state index in [1.54, 1.807) is 18.2 Å². The van der Waals surface area contributed by atoms with Gasteiger partial charge in [0, 0.05) is 0 Å². The fourth-order valence-electron chi connectivity index (χ4n) is 0.583. The summed E-state index contributed by atoms with van der Waals surface area (Å²) in [5.41, 5.74) is 0.988. The van der Waals surface area contributed by atoms with Gasteiger partial charge in [0.05, 0.1) is 0 Å². The first-order valence-corrected chi connectivity index (χ1v) is 3.45. The lowest BCUT2D eigenvalue weighted by molar-refractivity contribution is 0.259. The molecule has 0 aliphatic rings. The van der Waals surface area contributed by atoms with Crippen molar-refractivity contribution in [3.05, 3.63) is 49.3 Å². The lowest BCUT2D eigenvalue weighted by Gasteiger charge is -2.05. The first kappa shape index (κ1) is 9.76. The number of ether oxygens (including phenoxy) is 1. The van der Waals surface area contributed by atoms with Crippen molar-refractivity contribution >= 4 is 0 Å². The Balaban J connectivity index is 4.25. The van der Waals surface area contributed by atoms with Gasteiger partial charge in [0.1, 0.15) is 12.4 Å². The molecule has 0 aromatic rings. The van der Waals surface area contributed by atoms with E-state index in [-0.39, 0.29) is 0 Å². The van der Waals surface area contributed by atoms with Crippen LogP contribution in [0, 0.1) is 0 Å². The van der Waals surface area contributed by atoms with Gasteiger partial charge in [-0.15, -0.1) is 0 Å². The Kier molecular flexibility index (Phi) is 4.91. The van der Waals surface area contributed by atoms with Gasteiger partial charge in [-0.1, -0.05) is 31.9 Å². The van der Waals surface area contributed by atoms with Crippen LogP contribution in [0.25, 0.3) is 0 Å². The molecular formula is C10H14O. The average molecular weight is 150 g/mol. The summed E-state index contributed by atoms with van der Waals surface area (Å²) >= 11 is 0. The first-order chi connectivity index (χ1) is 5.26. The Bertz CT molecular complexity index is 187. The molecule has 60 valence electrons. The minimum absolute atomic E-state index is 0.506. The average Bonchev–Trinajstić information content (AvgIpc) is 2.05. The maximum atomic E-state index is 5.27. The smallest absolute Gasteiger partial charge is 0.122 e. The Morgan fingerprint density at radius 2 is 1.91 bits per heavy atom. The zero-order valence-electron chi connectivity index (χ0n) is 6.97. The maximum absolute atomic E-state index is 5.27. The highest BCUT2D eigenvalue weighted by Gasteiger charge is 1.93. The minimum atomic E-state index is 0.506. The van der Waals surface area contributed by atoms with E-state index in [9.17, 15) is 0 Å². The number of hydrogen-bond donors (Lipinski definition) is 0. The zero-order chi connectivity index (χ0) is 8.69. The largest absolute Gasteiger partial charge is 0.489 e. The summed E-state index contributed by atoms with van der Waals surface area (Å²) in [6.07, 6.45) is 5.10. The molecule has 0 amide bonds. The van der Waals surface area contributed by atoms with Crippen molar-refractivity contribution in [2.45, 2.75) is 6.92 Å². The van der Waals surface area contributed by atoms with Crippen molar-refractivity contribution in [1.82, 2.24) is 0 Å².